The molecule has 0 bridgehead atoms. The number of aliphatic hydroxyl groups excluding tert-OH is 1. The van der Waals surface area contributed by atoms with Gasteiger partial charge in [-0.1, -0.05) is 12.1 Å². The number of methoxy groups -OCH3 is 1. The summed E-state index contributed by atoms with van der Waals surface area (Å²) in [5, 5.41) is 12.1. The van der Waals surface area contributed by atoms with Gasteiger partial charge in [-0.15, -0.1) is 0 Å². The van der Waals surface area contributed by atoms with E-state index in [2.05, 4.69) is 28.4 Å². The minimum Gasteiger partial charge on any atom is -0.496 e. The maximum atomic E-state index is 8.78. The average Bonchev–Trinajstić information content (AvgIpc) is 2.53. The lowest BCUT2D eigenvalue weighted by Gasteiger charge is -2.26. The minimum atomic E-state index is 0.225. The number of hydrogen-bond donors (Lipinski definition) is 2. The Kier molecular flexibility index (Phi) is 6.95. The van der Waals surface area contributed by atoms with Gasteiger partial charge in [-0.2, -0.15) is 0 Å². The van der Waals surface area contributed by atoms with Gasteiger partial charge >= 0.3 is 0 Å². The van der Waals surface area contributed by atoms with Crippen LogP contribution in [0.3, 0.4) is 0 Å². The third-order valence-electron chi connectivity index (χ3n) is 3.69. The van der Waals surface area contributed by atoms with E-state index in [0.717, 1.165) is 63.7 Å². The molecule has 5 heteroatoms. The van der Waals surface area contributed by atoms with E-state index in [9.17, 15) is 0 Å². The summed E-state index contributed by atoms with van der Waals surface area (Å²) < 4.78 is 10.9. The van der Waals surface area contributed by atoms with Crippen molar-refractivity contribution >= 4 is 0 Å². The van der Waals surface area contributed by atoms with Crippen molar-refractivity contribution in [2.75, 3.05) is 46.6 Å². The van der Waals surface area contributed by atoms with Crippen molar-refractivity contribution in [1.29, 1.82) is 0 Å². The summed E-state index contributed by atoms with van der Waals surface area (Å²) in [7, 11) is 1.71. The van der Waals surface area contributed by atoms with Crippen LogP contribution in [0.2, 0.25) is 0 Å². The summed E-state index contributed by atoms with van der Waals surface area (Å²) in [6, 6.07) is 6.42. The van der Waals surface area contributed by atoms with Crippen LogP contribution in [0.25, 0.3) is 0 Å². The first-order valence-electron chi connectivity index (χ1n) is 7.61. The van der Waals surface area contributed by atoms with Gasteiger partial charge in [-0.25, -0.2) is 0 Å². The fraction of sp³-hybridized carbons (Fsp3) is 0.625. The first-order chi connectivity index (χ1) is 10.3. The Hall–Kier alpha value is -1.14. The fourth-order valence-corrected chi connectivity index (χ4v) is 2.48. The van der Waals surface area contributed by atoms with E-state index in [1.54, 1.807) is 7.11 Å². The predicted molar refractivity (Wildman–Crippen MR) is 82.5 cm³/mol. The van der Waals surface area contributed by atoms with E-state index in [0.29, 0.717) is 0 Å². The predicted octanol–water partition coefficient (Wildman–Crippen LogP) is 0.999. The Bertz CT molecular complexity index is 420. The highest BCUT2D eigenvalue weighted by Crippen LogP contribution is 2.21. The molecule has 0 aromatic heterocycles. The topological polar surface area (TPSA) is 54.0 Å². The van der Waals surface area contributed by atoms with E-state index in [1.807, 2.05) is 0 Å². The molecule has 0 saturated carbocycles. The quantitative estimate of drug-likeness (QED) is 0.701. The lowest BCUT2D eigenvalue weighted by atomic mass is 10.1. The molecule has 2 rings (SSSR count). The Morgan fingerprint density at radius 1 is 1.33 bits per heavy atom. The number of nitrogens with one attached hydrogen (secondary N) is 1. The van der Waals surface area contributed by atoms with Crippen LogP contribution < -0.4 is 10.1 Å². The van der Waals surface area contributed by atoms with Crippen molar-refractivity contribution in [3.8, 4) is 5.75 Å². The first kappa shape index (κ1) is 16.2. The molecule has 1 saturated heterocycles. The molecule has 0 unspecified atom stereocenters. The number of hydrogen-bond acceptors (Lipinski definition) is 5. The number of benzene rings is 1. The Labute approximate surface area is 126 Å². The molecule has 0 aliphatic carbocycles. The van der Waals surface area contributed by atoms with E-state index >= 15 is 0 Å². The molecule has 21 heavy (non-hydrogen) atoms. The minimum absolute atomic E-state index is 0.225. The number of ether oxygens (including phenoxy) is 2. The van der Waals surface area contributed by atoms with Crippen molar-refractivity contribution in [2.24, 2.45) is 0 Å². The molecule has 2 N–H and O–H groups in total. The van der Waals surface area contributed by atoms with E-state index in [1.165, 1.54) is 5.56 Å². The lowest BCUT2D eigenvalue weighted by Crippen LogP contribution is -2.35. The number of aliphatic hydroxyl groups is 1. The monoisotopic (exact) mass is 294 g/mol. The maximum absolute atomic E-state index is 8.78. The largest absolute Gasteiger partial charge is 0.496 e. The van der Waals surface area contributed by atoms with Gasteiger partial charge in [0.2, 0.25) is 0 Å². The second-order valence-electron chi connectivity index (χ2n) is 5.29. The summed E-state index contributed by atoms with van der Waals surface area (Å²) in [5.41, 5.74) is 2.43. The van der Waals surface area contributed by atoms with Crippen molar-refractivity contribution in [3.05, 3.63) is 29.3 Å². The Morgan fingerprint density at radius 3 is 2.86 bits per heavy atom. The molecule has 1 aliphatic heterocycles. The van der Waals surface area contributed by atoms with Crippen molar-refractivity contribution in [1.82, 2.24) is 10.2 Å². The summed E-state index contributed by atoms with van der Waals surface area (Å²) in [4.78, 5) is 2.40. The van der Waals surface area contributed by atoms with Crippen LogP contribution in [0.15, 0.2) is 18.2 Å². The molecule has 1 heterocycles. The first-order valence-corrected chi connectivity index (χ1v) is 7.61. The molecular formula is C16H26N2O3. The van der Waals surface area contributed by atoms with Gasteiger partial charge < -0.3 is 19.9 Å². The Morgan fingerprint density at radius 2 is 2.14 bits per heavy atom. The molecule has 5 nitrogen and oxygen atoms in total. The second kappa shape index (κ2) is 9.00. The van der Waals surface area contributed by atoms with Crippen molar-refractivity contribution in [2.45, 2.75) is 19.5 Å². The van der Waals surface area contributed by atoms with Gasteiger partial charge in [0.05, 0.1) is 20.3 Å². The van der Waals surface area contributed by atoms with Crippen LogP contribution in [-0.2, 0) is 17.8 Å². The third kappa shape index (κ3) is 5.28. The summed E-state index contributed by atoms with van der Waals surface area (Å²) >= 11 is 0. The number of rotatable bonds is 8. The zero-order chi connectivity index (χ0) is 14.9. The van der Waals surface area contributed by atoms with Crippen molar-refractivity contribution < 1.29 is 14.6 Å². The maximum Gasteiger partial charge on any atom is 0.123 e. The molecule has 1 aromatic carbocycles. The molecule has 0 spiro atoms. The molecule has 1 aromatic rings. The van der Waals surface area contributed by atoms with Gasteiger partial charge in [0.15, 0.2) is 0 Å². The molecule has 0 amide bonds. The summed E-state index contributed by atoms with van der Waals surface area (Å²) in [5.74, 6) is 0.928. The van der Waals surface area contributed by atoms with Crippen LogP contribution in [0.1, 0.15) is 17.5 Å². The second-order valence-corrected chi connectivity index (χ2v) is 5.29. The zero-order valence-corrected chi connectivity index (χ0v) is 12.8. The highest BCUT2D eigenvalue weighted by atomic mass is 16.5. The molecular weight excluding hydrogens is 268 g/mol. The summed E-state index contributed by atoms with van der Waals surface area (Å²) in [6.07, 6.45) is 0.775. The van der Waals surface area contributed by atoms with Gasteiger partial charge in [0, 0.05) is 38.3 Å². The smallest absolute Gasteiger partial charge is 0.123 e. The number of morpholine rings is 1. The molecule has 0 atom stereocenters. The van der Waals surface area contributed by atoms with Gasteiger partial charge in [0.1, 0.15) is 5.75 Å². The molecule has 118 valence electrons. The van der Waals surface area contributed by atoms with Gasteiger partial charge in [-0.3, -0.25) is 4.90 Å². The van der Waals surface area contributed by atoms with Crippen LogP contribution in [0, 0.1) is 0 Å². The van der Waals surface area contributed by atoms with E-state index in [4.69, 9.17) is 14.6 Å². The van der Waals surface area contributed by atoms with Crippen LogP contribution in [0.5, 0.6) is 5.75 Å². The third-order valence-corrected chi connectivity index (χ3v) is 3.69. The van der Waals surface area contributed by atoms with Crippen LogP contribution >= 0.6 is 0 Å². The Balaban J connectivity index is 1.91. The van der Waals surface area contributed by atoms with Gasteiger partial charge in [-0.05, 0) is 24.6 Å². The zero-order valence-electron chi connectivity index (χ0n) is 12.8. The normalized spacial score (nSPS) is 16.1. The standard InChI is InChI=1S/C16H26N2O3/c1-20-16-11-14(13-18-6-9-21-10-7-18)3-4-15(16)12-17-5-2-8-19/h3-4,11,17,19H,2,5-10,12-13H2,1H3. The van der Waals surface area contributed by atoms with Gasteiger partial charge in [0.25, 0.3) is 0 Å². The van der Waals surface area contributed by atoms with E-state index in [-0.39, 0.29) is 6.61 Å². The highest BCUT2D eigenvalue weighted by Gasteiger charge is 2.12. The molecule has 1 aliphatic rings. The number of nitrogens with zero attached hydrogens (tertiary/aromatic N) is 1. The molecule has 0 radical (unpaired) electrons. The van der Waals surface area contributed by atoms with E-state index < -0.39 is 0 Å². The SMILES string of the molecule is COc1cc(CN2CCOCC2)ccc1CNCCCO. The van der Waals surface area contributed by atoms with Crippen LogP contribution in [0.4, 0.5) is 0 Å². The average molecular weight is 294 g/mol. The molecule has 1 fully saturated rings. The fourth-order valence-electron chi connectivity index (χ4n) is 2.48. The highest BCUT2D eigenvalue weighted by molar-refractivity contribution is 5.37. The summed E-state index contributed by atoms with van der Waals surface area (Å²) in [6.45, 7) is 6.38. The van der Waals surface area contributed by atoms with Crippen molar-refractivity contribution in [3.63, 3.8) is 0 Å². The lowest BCUT2D eigenvalue weighted by molar-refractivity contribution is 0.0341. The van der Waals surface area contributed by atoms with Crippen LogP contribution in [-0.4, -0.2) is 56.6 Å².